The summed E-state index contributed by atoms with van der Waals surface area (Å²) in [6.45, 7) is 4.43. The van der Waals surface area contributed by atoms with Crippen molar-refractivity contribution in [3.05, 3.63) is 12.2 Å². The monoisotopic (exact) mass is 524 g/mol. The van der Waals surface area contributed by atoms with E-state index in [1.54, 1.807) is 0 Å². The maximum absolute atomic E-state index is 10.8. The van der Waals surface area contributed by atoms with E-state index in [-0.39, 0.29) is 42.1 Å². The van der Waals surface area contributed by atoms with Gasteiger partial charge in [-0.2, -0.15) is 0 Å². The van der Waals surface area contributed by atoms with Crippen LogP contribution in [-0.2, 0) is 14.6 Å². The van der Waals surface area contributed by atoms with Gasteiger partial charge in [-0.3, -0.25) is 4.18 Å². The second kappa shape index (κ2) is 29.2. The molecule has 1 atom stereocenters. The molecule has 0 aliphatic heterocycles. The Hall–Kier alpha value is 0.610. The fraction of sp³-hybridized carbons (Fsp3) is 0.931. The van der Waals surface area contributed by atoms with Crippen LogP contribution in [0.4, 0.5) is 0 Å². The van der Waals surface area contributed by atoms with Gasteiger partial charge in [0.25, 0.3) is 0 Å². The largest absolute Gasteiger partial charge is 1.00 e. The Balaban J connectivity index is 0. The summed E-state index contributed by atoms with van der Waals surface area (Å²) in [6.07, 6.45) is 34.1. The van der Waals surface area contributed by atoms with Crippen molar-refractivity contribution in [3.63, 3.8) is 0 Å². The van der Waals surface area contributed by atoms with Crippen LogP contribution in [0.3, 0.4) is 0 Å². The molecular formula is C29H57NaO4S. The fourth-order valence-electron chi connectivity index (χ4n) is 4.51. The first kappa shape index (κ1) is 37.8. The van der Waals surface area contributed by atoms with E-state index in [0.29, 0.717) is 0 Å². The van der Waals surface area contributed by atoms with Crippen LogP contribution >= 0.6 is 0 Å². The van der Waals surface area contributed by atoms with Crippen LogP contribution in [0.5, 0.6) is 0 Å². The van der Waals surface area contributed by atoms with E-state index in [0.717, 1.165) is 25.7 Å². The van der Waals surface area contributed by atoms with Crippen LogP contribution < -0.4 is 29.6 Å². The maximum Gasteiger partial charge on any atom is 1.00 e. The number of unbranched alkanes of at least 4 members (excludes halogenated alkanes) is 20. The molecule has 1 unspecified atom stereocenters. The van der Waals surface area contributed by atoms with Gasteiger partial charge in [0.15, 0.2) is 0 Å². The quantitative estimate of drug-likeness (QED) is 0.0397. The van der Waals surface area contributed by atoms with Crippen LogP contribution in [0.25, 0.3) is 0 Å². The second-order valence-corrected chi connectivity index (χ2v) is 11.2. The summed E-state index contributed by atoms with van der Waals surface area (Å²) in [4.78, 5) is 0. The Morgan fingerprint density at radius 2 is 1.00 bits per heavy atom. The summed E-state index contributed by atoms with van der Waals surface area (Å²) in [7, 11) is -4.60. The third-order valence-corrected chi connectivity index (χ3v) is 7.16. The van der Waals surface area contributed by atoms with E-state index >= 15 is 0 Å². The molecule has 0 fully saturated rings. The number of hydrogen-bond acceptors (Lipinski definition) is 4. The SMILES string of the molecule is CCCCCCCCCCCCCCCCCCC/C=C/C(CCCCCC)COS(=O)(=O)[O-].[Na+]. The molecule has 0 bridgehead atoms. The van der Waals surface area contributed by atoms with E-state index in [1.165, 1.54) is 122 Å². The fourth-order valence-corrected chi connectivity index (χ4v) is 4.86. The average molecular weight is 525 g/mol. The van der Waals surface area contributed by atoms with Gasteiger partial charge >= 0.3 is 29.6 Å². The van der Waals surface area contributed by atoms with Crippen molar-refractivity contribution in [2.75, 3.05) is 6.61 Å². The first-order valence-electron chi connectivity index (χ1n) is 14.8. The molecular weight excluding hydrogens is 467 g/mol. The summed E-state index contributed by atoms with van der Waals surface area (Å²) >= 11 is 0. The van der Waals surface area contributed by atoms with E-state index in [9.17, 15) is 13.0 Å². The van der Waals surface area contributed by atoms with E-state index in [4.69, 9.17) is 0 Å². The second-order valence-electron chi connectivity index (χ2n) is 10.2. The topological polar surface area (TPSA) is 66.4 Å². The summed E-state index contributed by atoms with van der Waals surface area (Å²) in [5, 5.41) is 0. The Bertz CT molecular complexity index is 537. The van der Waals surface area contributed by atoms with Crippen molar-refractivity contribution in [2.24, 2.45) is 5.92 Å². The first-order chi connectivity index (χ1) is 16.5. The van der Waals surface area contributed by atoms with Crippen molar-refractivity contribution >= 4 is 10.4 Å². The Kier molecular flexibility index (Phi) is 31.5. The van der Waals surface area contributed by atoms with Gasteiger partial charge < -0.3 is 4.55 Å². The van der Waals surface area contributed by atoms with Gasteiger partial charge in [0.1, 0.15) is 0 Å². The van der Waals surface area contributed by atoms with Crippen molar-refractivity contribution < 1.29 is 46.7 Å². The van der Waals surface area contributed by atoms with Gasteiger partial charge in [0.05, 0.1) is 6.61 Å². The Labute approximate surface area is 242 Å². The molecule has 0 spiro atoms. The van der Waals surface area contributed by atoms with Gasteiger partial charge in [-0.25, -0.2) is 8.42 Å². The summed E-state index contributed by atoms with van der Waals surface area (Å²) < 4.78 is 36.8. The van der Waals surface area contributed by atoms with Gasteiger partial charge in [-0.05, 0) is 19.3 Å². The molecule has 0 radical (unpaired) electrons. The molecule has 0 saturated heterocycles. The van der Waals surface area contributed by atoms with Crippen LogP contribution in [0.1, 0.15) is 162 Å². The van der Waals surface area contributed by atoms with Crippen LogP contribution in [0, 0.1) is 5.92 Å². The summed E-state index contributed by atoms with van der Waals surface area (Å²) in [5.41, 5.74) is 0. The maximum atomic E-state index is 10.8. The average Bonchev–Trinajstić information content (AvgIpc) is 2.80. The van der Waals surface area contributed by atoms with E-state index in [1.807, 2.05) is 0 Å². The molecule has 0 aromatic rings. The Morgan fingerprint density at radius 3 is 1.40 bits per heavy atom. The number of allylic oxidation sites excluding steroid dienone is 1. The smallest absolute Gasteiger partial charge is 0.726 e. The predicted molar refractivity (Wildman–Crippen MR) is 146 cm³/mol. The molecule has 0 aliphatic rings. The zero-order valence-corrected chi connectivity index (χ0v) is 26.6. The van der Waals surface area contributed by atoms with Gasteiger partial charge in [0, 0.05) is 5.92 Å². The first-order valence-corrected chi connectivity index (χ1v) is 16.1. The molecule has 0 heterocycles. The molecule has 35 heavy (non-hydrogen) atoms. The molecule has 0 rings (SSSR count). The number of rotatable bonds is 27. The molecule has 0 aliphatic carbocycles. The van der Waals surface area contributed by atoms with E-state index in [2.05, 4.69) is 30.2 Å². The predicted octanol–water partition coefficient (Wildman–Crippen LogP) is 6.65. The van der Waals surface area contributed by atoms with Crippen molar-refractivity contribution in [1.82, 2.24) is 0 Å². The molecule has 4 nitrogen and oxygen atoms in total. The zero-order chi connectivity index (χ0) is 25.2. The molecule has 0 amide bonds. The zero-order valence-electron chi connectivity index (χ0n) is 23.7. The third kappa shape index (κ3) is 32.6. The molecule has 6 heteroatoms. The van der Waals surface area contributed by atoms with Crippen LogP contribution in [0.15, 0.2) is 12.2 Å². The van der Waals surface area contributed by atoms with Crippen LogP contribution in [0.2, 0.25) is 0 Å². The molecule has 0 saturated carbocycles. The van der Waals surface area contributed by atoms with Crippen molar-refractivity contribution in [3.8, 4) is 0 Å². The molecule has 0 aromatic carbocycles. The van der Waals surface area contributed by atoms with Gasteiger partial charge in [-0.15, -0.1) is 0 Å². The van der Waals surface area contributed by atoms with E-state index < -0.39 is 10.4 Å². The number of hydrogen-bond donors (Lipinski definition) is 0. The minimum atomic E-state index is -4.60. The minimum absolute atomic E-state index is 0. The summed E-state index contributed by atoms with van der Waals surface area (Å²) in [5.74, 6) is 0.0198. The molecule has 0 aromatic heterocycles. The third-order valence-electron chi connectivity index (χ3n) is 6.74. The molecule has 0 N–H and O–H groups in total. The van der Waals surface area contributed by atoms with Gasteiger partial charge in [-0.1, -0.05) is 154 Å². The van der Waals surface area contributed by atoms with Crippen molar-refractivity contribution in [2.45, 2.75) is 162 Å². The summed E-state index contributed by atoms with van der Waals surface area (Å²) in [6, 6.07) is 0. The van der Waals surface area contributed by atoms with Gasteiger partial charge in [0.2, 0.25) is 10.4 Å². The standard InChI is InChI=1S/C29H58O4S.Na/c1-3-5-7-9-10-11-12-13-14-15-16-17-18-19-20-21-22-23-25-27-29(26-24-8-6-4-2)28-33-34(30,31)32;/h25,27,29H,3-24,26,28H2,1-2H3,(H,30,31,32);/q;+1/p-1/b27-25+;. The Morgan fingerprint density at radius 1 is 0.629 bits per heavy atom. The van der Waals surface area contributed by atoms with Crippen molar-refractivity contribution in [1.29, 1.82) is 0 Å². The normalized spacial score (nSPS) is 12.8. The van der Waals surface area contributed by atoms with Crippen LogP contribution in [-0.4, -0.2) is 19.6 Å². The molecule has 204 valence electrons. The minimum Gasteiger partial charge on any atom is -0.726 e.